The molecule has 4 aromatic rings. The number of nitrogens with one attached hydrogen (secondary N) is 1. The van der Waals surface area contributed by atoms with Gasteiger partial charge in [-0.15, -0.1) is 10.2 Å². The Morgan fingerprint density at radius 3 is 2.42 bits per heavy atom. The number of hydrogen-bond donors (Lipinski definition) is 1. The van der Waals surface area contributed by atoms with Crippen LogP contribution in [-0.4, -0.2) is 33.5 Å². The minimum absolute atomic E-state index is 0.118. The van der Waals surface area contributed by atoms with Crippen molar-refractivity contribution in [3.63, 3.8) is 0 Å². The number of rotatable bonds is 9. The Labute approximate surface area is 223 Å². The van der Waals surface area contributed by atoms with Crippen molar-refractivity contribution in [2.24, 2.45) is 0 Å². The summed E-state index contributed by atoms with van der Waals surface area (Å²) in [7, 11) is 1.61. The van der Waals surface area contributed by atoms with Crippen molar-refractivity contribution in [2.75, 3.05) is 18.2 Å². The van der Waals surface area contributed by atoms with E-state index in [0.29, 0.717) is 22.5 Å². The molecule has 1 N–H and O–H groups in total. The lowest BCUT2D eigenvalue weighted by atomic mass is 10.1. The van der Waals surface area contributed by atoms with E-state index in [4.69, 9.17) is 9.47 Å². The predicted octanol–water partition coefficient (Wildman–Crippen LogP) is 6.53. The molecule has 4 rings (SSSR count). The van der Waals surface area contributed by atoms with Gasteiger partial charge < -0.3 is 14.8 Å². The van der Waals surface area contributed by atoms with Crippen molar-refractivity contribution >= 4 is 39.3 Å². The van der Waals surface area contributed by atoms with Gasteiger partial charge in [-0.3, -0.25) is 9.36 Å². The maximum atomic E-state index is 12.8. The zero-order valence-corrected chi connectivity index (χ0v) is 22.9. The lowest BCUT2D eigenvalue weighted by molar-refractivity contribution is -0.113. The predicted molar refractivity (Wildman–Crippen MR) is 146 cm³/mol. The second kappa shape index (κ2) is 11.6. The summed E-state index contributed by atoms with van der Waals surface area (Å²) in [6.07, 6.45) is -0.425. The van der Waals surface area contributed by atoms with Crippen LogP contribution in [0.1, 0.15) is 30.0 Å². The highest BCUT2D eigenvalue weighted by Gasteiger charge is 2.22. The van der Waals surface area contributed by atoms with Crippen molar-refractivity contribution in [3.8, 4) is 17.2 Å². The third-order valence-corrected chi connectivity index (χ3v) is 7.52. The van der Waals surface area contributed by atoms with Gasteiger partial charge in [0.05, 0.1) is 12.9 Å². The minimum atomic E-state index is -0.425. The van der Waals surface area contributed by atoms with Gasteiger partial charge in [-0.2, -0.15) is 0 Å². The lowest BCUT2D eigenvalue weighted by Gasteiger charge is -2.18. The second-order valence-electron chi connectivity index (χ2n) is 8.10. The van der Waals surface area contributed by atoms with E-state index >= 15 is 0 Å². The van der Waals surface area contributed by atoms with E-state index in [2.05, 4.69) is 31.4 Å². The van der Waals surface area contributed by atoms with E-state index < -0.39 is 6.10 Å². The molecule has 0 aliphatic rings. The molecule has 1 heterocycles. The smallest absolute Gasteiger partial charge is 0.234 e. The Bertz CT molecular complexity index is 1360. The summed E-state index contributed by atoms with van der Waals surface area (Å²) >= 11 is 4.85. The molecule has 0 bridgehead atoms. The number of hydrogen-bond acceptors (Lipinski definition) is 6. The SMILES string of the molecule is COc1ccccc1OC(C)c1nnc(SCC(=O)Nc2ccc(Br)c(C)c2C)n1-c1ccccc1. The zero-order chi connectivity index (χ0) is 25.7. The number of para-hydroxylation sites is 3. The molecule has 9 heteroatoms. The average Bonchev–Trinajstić information content (AvgIpc) is 3.33. The average molecular weight is 568 g/mol. The van der Waals surface area contributed by atoms with Crippen LogP contribution in [0.15, 0.2) is 76.4 Å². The summed E-state index contributed by atoms with van der Waals surface area (Å²) in [5, 5.41) is 12.4. The highest BCUT2D eigenvalue weighted by molar-refractivity contribution is 9.10. The van der Waals surface area contributed by atoms with Crippen LogP contribution in [-0.2, 0) is 4.79 Å². The number of ether oxygens (including phenoxy) is 2. The number of nitrogens with zero attached hydrogens (tertiary/aromatic N) is 3. The summed E-state index contributed by atoms with van der Waals surface area (Å²) in [5.74, 6) is 1.94. The molecule has 1 atom stereocenters. The molecule has 186 valence electrons. The lowest BCUT2D eigenvalue weighted by Crippen LogP contribution is -2.16. The molecule has 1 aromatic heterocycles. The first-order chi connectivity index (χ1) is 17.4. The van der Waals surface area contributed by atoms with Crippen molar-refractivity contribution in [3.05, 3.63) is 88.2 Å². The molecule has 0 radical (unpaired) electrons. The Morgan fingerprint density at radius 2 is 1.69 bits per heavy atom. The third kappa shape index (κ3) is 5.74. The number of carbonyl (C=O) groups excluding carboxylic acids is 1. The maximum absolute atomic E-state index is 12.8. The number of amides is 1. The topological polar surface area (TPSA) is 78.3 Å². The number of aromatic nitrogens is 3. The second-order valence-corrected chi connectivity index (χ2v) is 9.90. The zero-order valence-electron chi connectivity index (χ0n) is 20.5. The first-order valence-corrected chi connectivity index (χ1v) is 13.2. The fraction of sp³-hybridized carbons (Fsp3) is 0.222. The highest BCUT2D eigenvalue weighted by atomic mass is 79.9. The van der Waals surface area contributed by atoms with Crippen molar-refractivity contribution in [1.82, 2.24) is 14.8 Å². The van der Waals surface area contributed by atoms with Gasteiger partial charge in [0.25, 0.3) is 0 Å². The third-order valence-electron chi connectivity index (χ3n) is 5.74. The fourth-order valence-corrected chi connectivity index (χ4v) is 4.84. The normalized spacial score (nSPS) is 11.7. The minimum Gasteiger partial charge on any atom is -0.493 e. The van der Waals surface area contributed by atoms with Crippen molar-refractivity contribution in [1.29, 1.82) is 0 Å². The van der Waals surface area contributed by atoms with Crippen LogP contribution in [0.3, 0.4) is 0 Å². The molecule has 0 aliphatic carbocycles. The Hall–Kier alpha value is -3.30. The van der Waals surface area contributed by atoms with Crippen molar-refractivity contribution < 1.29 is 14.3 Å². The number of benzene rings is 3. The summed E-state index contributed by atoms with van der Waals surface area (Å²) < 4.78 is 14.6. The van der Waals surface area contributed by atoms with E-state index in [9.17, 15) is 4.79 Å². The fourth-order valence-electron chi connectivity index (χ4n) is 3.66. The number of halogens is 1. The van der Waals surface area contributed by atoms with E-state index in [-0.39, 0.29) is 11.7 Å². The van der Waals surface area contributed by atoms with Gasteiger partial charge in [0.1, 0.15) is 0 Å². The van der Waals surface area contributed by atoms with Gasteiger partial charge in [0.15, 0.2) is 28.6 Å². The van der Waals surface area contributed by atoms with Gasteiger partial charge >= 0.3 is 0 Å². The highest BCUT2D eigenvalue weighted by Crippen LogP contribution is 2.32. The number of anilines is 1. The van der Waals surface area contributed by atoms with Gasteiger partial charge in [-0.1, -0.05) is 58.0 Å². The van der Waals surface area contributed by atoms with Crippen LogP contribution in [0.25, 0.3) is 5.69 Å². The summed E-state index contributed by atoms with van der Waals surface area (Å²) in [6, 6.07) is 21.1. The molecule has 0 aliphatic heterocycles. The first-order valence-electron chi connectivity index (χ1n) is 11.4. The summed E-state index contributed by atoms with van der Waals surface area (Å²) in [5.41, 5.74) is 3.80. The molecule has 3 aromatic carbocycles. The van der Waals surface area contributed by atoms with Gasteiger partial charge in [-0.25, -0.2) is 0 Å². The number of carbonyl (C=O) groups is 1. The molecule has 7 nitrogen and oxygen atoms in total. The molecule has 1 unspecified atom stereocenters. The number of thioether (sulfide) groups is 1. The van der Waals surface area contributed by atoms with Gasteiger partial charge in [0.2, 0.25) is 5.91 Å². The summed E-state index contributed by atoms with van der Waals surface area (Å²) in [6.45, 7) is 5.92. The largest absolute Gasteiger partial charge is 0.493 e. The Kier molecular flexibility index (Phi) is 8.32. The summed E-state index contributed by atoms with van der Waals surface area (Å²) in [4.78, 5) is 12.8. The molecule has 36 heavy (non-hydrogen) atoms. The molecule has 1 amide bonds. The Morgan fingerprint density at radius 1 is 1.00 bits per heavy atom. The molecular formula is C27H27BrN4O3S. The first kappa shape index (κ1) is 25.8. The van der Waals surface area contributed by atoms with Crippen LogP contribution in [0.4, 0.5) is 5.69 Å². The van der Waals surface area contributed by atoms with Gasteiger partial charge in [-0.05, 0) is 68.3 Å². The van der Waals surface area contributed by atoms with Crippen LogP contribution in [0, 0.1) is 13.8 Å². The monoisotopic (exact) mass is 566 g/mol. The molecular weight excluding hydrogens is 540 g/mol. The van der Waals surface area contributed by atoms with Crippen molar-refractivity contribution in [2.45, 2.75) is 32.0 Å². The van der Waals surface area contributed by atoms with Crippen LogP contribution >= 0.6 is 27.7 Å². The van der Waals surface area contributed by atoms with E-state index in [1.165, 1.54) is 11.8 Å². The number of methoxy groups -OCH3 is 1. The maximum Gasteiger partial charge on any atom is 0.234 e. The molecule has 0 fully saturated rings. The van der Waals surface area contributed by atoms with E-state index in [1.807, 2.05) is 92.1 Å². The van der Waals surface area contributed by atoms with Crippen LogP contribution in [0.2, 0.25) is 0 Å². The van der Waals surface area contributed by atoms with Crippen LogP contribution in [0.5, 0.6) is 11.5 Å². The quantitative estimate of drug-likeness (QED) is 0.232. The molecule has 0 spiro atoms. The molecule has 0 saturated carbocycles. The van der Waals surface area contributed by atoms with E-state index in [1.54, 1.807) is 7.11 Å². The standard InChI is InChI=1S/C27H27BrN4O3S/c1-17-18(2)22(15-14-21(17)28)29-25(33)16-36-27-31-30-26(32(27)20-10-6-5-7-11-20)19(3)35-24-13-9-8-12-23(24)34-4/h5-15,19H,16H2,1-4H3,(H,29,33). The Balaban J connectivity index is 1.55. The molecule has 0 saturated heterocycles. The van der Waals surface area contributed by atoms with E-state index in [0.717, 1.165) is 27.0 Å². The van der Waals surface area contributed by atoms with Crippen LogP contribution < -0.4 is 14.8 Å². The van der Waals surface area contributed by atoms with Gasteiger partial charge in [0, 0.05) is 15.8 Å².